The molecule has 0 spiro atoms. The van der Waals surface area contributed by atoms with Crippen molar-refractivity contribution in [3.8, 4) is 0 Å². The van der Waals surface area contributed by atoms with Gasteiger partial charge in [-0.05, 0) is 15.9 Å². The zero-order valence-corrected chi connectivity index (χ0v) is 7.96. The Labute approximate surface area is 81.0 Å². The fourth-order valence-electron chi connectivity index (χ4n) is 0.569. The van der Waals surface area contributed by atoms with Gasteiger partial charge in [0.05, 0.1) is 9.50 Å². The quantitative estimate of drug-likeness (QED) is 0.646. The molecule has 0 saturated carbocycles. The first kappa shape index (κ1) is 9.21. The molecule has 0 unspecified atom stereocenters. The monoisotopic (exact) mass is 251 g/mol. The van der Waals surface area contributed by atoms with Gasteiger partial charge < -0.3 is 0 Å². The summed E-state index contributed by atoms with van der Waals surface area (Å²) >= 11 is 8.75. The van der Waals surface area contributed by atoms with Gasteiger partial charge in [-0.25, -0.2) is 15.1 Å². The molecule has 0 aliphatic carbocycles. The highest BCUT2D eigenvalue weighted by molar-refractivity contribution is 9.10. The lowest BCUT2D eigenvalue weighted by Crippen LogP contribution is -2.08. The maximum atomic E-state index is 9.96. The van der Waals surface area contributed by atoms with E-state index in [0.717, 1.165) is 0 Å². The van der Waals surface area contributed by atoms with E-state index in [1.807, 2.05) is 5.43 Å². The first-order valence-corrected chi connectivity index (χ1v) is 3.99. The maximum absolute atomic E-state index is 9.96. The second-order valence-electron chi connectivity index (χ2n) is 1.85. The van der Waals surface area contributed by atoms with E-state index in [-0.39, 0.29) is 5.82 Å². The van der Waals surface area contributed by atoms with Crippen LogP contribution in [0, 0.1) is 10.1 Å². The van der Waals surface area contributed by atoms with Crippen LogP contribution in [-0.4, -0.2) is 10.0 Å². The second-order valence-corrected chi connectivity index (χ2v) is 3.11. The zero-order chi connectivity index (χ0) is 9.14. The van der Waals surface area contributed by atoms with Crippen LogP contribution in [0.2, 0.25) is 5.02 Å². The van der Waals surface area contributed by atoms with Gasteiger partial charge in [-0.15, -0.1) is 0 Å². The van der Waals surface area contributed by atoms with Crippen molar-refractivity contribution in [2.24, 2.45) is 0 Å². The number of rotatable bonds is 2. The summed E-state index contributed by atoms with van der Waals surface area (Å²) < 4.78 is 0.595. The van der Waals surface area contributed by atoms with Crippen LogP contribution in [0.3, 0.4) is 0 Å². The Morgan fingerprint density at radius 3 is 2.92 bits per heavy atom. The molecular formula is C5H3BrClN3O2. The molecular weight excluding hydrogens is 249 g/mol. The van der Waals surface area contributed by atoms with Crippen LogP contribution in [0.4, 0.5) is 5.82 Å². The normalized spacial score (nSPS) is 9.50. The molecule has 1 aromatic heterocycles. The van der Waals surface area contributed by atoms with Gasteiger partial charge in [-0.1, -0.05) is 17.0 Å². The highest BCUT2D eigenvalue weighted by atomic mass is 79.9. The van der Waals surface area contributed by atoms with E-state index >= 15 is 0 Å². The first-order chi connectivity index (χ1) is 5.59. The zero-order valence-electron chi connectivity index (χ0n) is 5.62. The van der Waals surface area contributed by atoms with Gasteiger partial charge in [0.25, 0.3) is 0 Å². The summed E-state index contributed by atoms with van der Waals surface area (Å²) in [5, 5.41) is 9.63. The van der Waals surface area contributed by atoms with Gasteiger partial charge in [-0.2, -0.15) is 0 Å². The minimum Gasteiger partial charge on any atom is -0.234 e. The predicted molar refractivity (Wildman–Crippen MR) is 47.6 cm³/mol. The number of pyridine rings is 1. The fraction of sp³-hybridized carbons (Fsp3) is 0. The van der Waals surface area contributed by atoms with E-state index in [1.165, 1.54) is 12.3 Å². The number of nitrogens with one attached hydrogen (secondary N) is 1. The van der Waals surface area contributed by atoms with Crippen molar-refractivity contribution in [2.75, 3.05) is 5.43 Å². The summed E-state index contributed by atoms with van der Waals surface area (Å²) in [5.41, 5.74) is 1.88. The molecule has 0 bridgehead atoms. The van der Waals surface area contributed by atoms with Crippen molar-refractivity contribution in [1.82, 2.24) is 4.98 Å². The Morgan fingerprint density at radius 1 is 1.75 bits per heavy atom. The Balaban J connectivity index is 2.89. The molecule has 0 atom stereocenters. The van der Waals surface area contributed by atoms with Crippen LogP contribution in [0.15, 0.2) is 16.7 Å². The highest BCUT2D eigenvalue weighted by Gasteiger charge is 2.03. The number of hydrogen-bond donors (Lipinski definition) is 1. The van der Waals surface area contributed by atoms with Gasteiger partial charge in [-0.3, -0.25) is 0 Å². The van der Waals surface area contributed by atoms with E-state index in [0.29, 0.717) is 9.50 Å². The van der Waals surface area contributed by atoms with E-state index in [1.54, 1.807) is 0 Å². The number of halogens is 2. The van der Waals surface area contributed by atoms with Gasteiger partial charge in [0, 0.05) is 12.3 Å². The molecule has 1 rings (SSSR count). The Morgan fingerprint density at radius 2 is 2.42 bits per heavy atom. The second kappa shape index (κ2) is 3.68. The average Bonchev–Trinajstić information content (AvgIpc) is 1.96. The molecule has 0 aliphatic rings. The molecule has 64 valence electrons. The SMILES string of the molecule is O=[N+]([O-])Nc1cc(Cl)c(Br)cn1. The van der Waals surface area contributed by atoms with E-state index in [2.05, 4.69) is 20.9 Å². The topological polar surface area (TPSA) is 68.1 Å². The maximum Gasteiger partial charge on any atom is 0.192 e. The number of nitrogens with zero attached hydrogens (tertiary/aromatic N) is 2. The number of nitro groups is 1. The standard InChI is InChI=1S/C5H3BrClN3O2/c6-3-2-8-5(1-4(3)7)9-10(11)12/h1-2H,(H,8,9). The lowest BCUT2D eigenvalue weighted by Gasteiger charge is -1.97. The Bertz CT molecular complexity index is 320. The Kier molecular flexibility index (Phi) is 2.83. The molecule has 0 radical (unpaired) electrons. The van der Waals surface area contributed by atoms with Crippen molar-refractivity contribution in [2.45, 2.75) is 0 Å². The minimum atomic E-state index is -0.702. The molecule has 12 heavy (non-hydrogen) atoms. The third-order valence-electron chi connectivity index (χ3n) is 1.01. The summed E-state index contributed by atoms with van der Waals surface area (Å²) in [6, 6.07) is 1.36. The lowest BCUT2D eigenvalue weighted by molar-refractivity contribution is -0.445. The van der Waals surface area contributed by atoms with Gasteiger partial charge in [0.2, 0.25) is 0 Å². The van der Waals surface area contributed by atoms with E-state index in [9.17, 15) is 10.1 Å². The van der Waals surface area contributed by atoms with Crippen LogP contribution in [0.1, 0.15) is 0 Å². The molecule has 1 aromatic rings. The van der Waals surface area contributed by atoms with Crippen LogP contribution >= 0.6 is 27.5 Å². The van der Waals surface area contributed by atoms with Crippen molar-refractivity contribution < 1.29 is 5.03 Å². The molecule has 1 N–H and O–H groups in total. The summed E-state index contributed by atoms with van der Waals surface area (Å²) in [6.45, 7) is 0. The van der Waals surface area contributed by atoms with E-state index in [4.69, 9.17) is 11.6 Å². The van der Waals surface area contributed by atoms with Crippen molar-refractivity contribution >= 4 is 33.3 Å². The molecule has 0 aromatic carbocycles. The molecule has 0 fully saturated rings. The number of aromatic nitrogens is 1. The first-order valence-electron chi connectivity index (χ1n) is 2.81. The van der Waals surface area contributed by atoms with Gasteiger partial charge in [0.15, 0.2) is 10.9 Å². The molecule has 0 amide bonds. The van der Waals surface area contributed by atoms with Crippen molar-refractivity contribution in [3.63, 3.8) is 0 Å². The Hall–Kier alpha value is -0.880. The van der Waals surface area contributed by atoms with Crippen LogP contribution in [-0.2, 0) is 0 Å². The number of anilines is 1. The average molecular weight is 252 g/mol. The largest absolute Gasteiger partial charge is 0.234 e. The van der Waals surface area contributed by atoms with Crippen LogP contribution in [0.25, 0.3) is 0 Å². The van der Waals surface area contributed by atoms with Crippen LogP contribution < -0.4 is 5.43 Å². The summed E-state index contributed by atoms with van der Waals surface area (Å²) in [5.74, 6) is 0.105. The van der Waals surface area contributed by atoms with Crippen LogP contribution in [0.5, 0.6) is 0 Å². The number of hydrazine groups is 1. The molecule has 5 nitrogen and oxygen atoms in total. The highest BCUT2D eigenvalue weighted by Crippen LogP contribution is 2.23. The molecule has 0 aliphatic heterocycles. The summed E-state index contributed by atoms with van der Waals surface area (Å²) in [6.07, 6.45) is 1.38. The predicted octanol–water partition coefficient (Wildman–Crippen LogP) is 2.10. The minimum absolute atomic E-state index is 0.105. The van der Waals surface area contributed by atoms with Gasteiger partial charge >= 0.3 is 0 Å². The summed E-state index contributed by atoms with van der Waals surface area (Å²) in [7, 11) is 0. The lowest BCUT2D eigenvalue weighted by atomic mass is 10.5. The van der Waals surface area contributed by atoms with E-state index < -0.39 is 5.03 Å². The molecule has 0 saturated heterocycles. The fourth-order valence-corrected chi connectivity index (χ4v) is 0.938. The third kappa shape index (κ3) is 2.31. The van der Waals surface area contributed by atoms with Gasteiger partial charge in [0.1, 0.15) is 0 Å². The summed E-state index contributed by atoms with van der Waals surface area (Å²) in [4.78, 5) is 13.7. The molecule has 7 heteroatoms. The smallest absolute Gasteiger partial charge is 0.192 e. The van der Waals surface area contributed by atoms with Crippen molar-refractivity contribution in [1.29, 1.82) is 0 Å². The third-order valence-corrected chi connectivity index (χ3v) is 2.19. The number of hydrogen-bond acceptors (Lipinski definition) is 3. The molecule has 1 heterocycles. The van der Waals surface area contributed by atoms with Crippen molar-refractivity contribution in [3.05, 3.63) is 31.9 Å².